The summed E-state index contributed by atoms with van der Waals surface area (Å²) in [6.45, 7) is -2.59. The molecule has 0 aromatic carbocycles. The van der Waals surface area contributed by atoms with Crippen LogP contribution in [0.4, 0.5) is 0 Å². The summed E-state index contributed by atoms with van der Waals surface area (Å²) in [5.41, 5.74) is 0. The second-order valence-corrected chi connectivity index (χ2v) is 7.48. The van der Waals surface area contributed by atoms with Gasteiger partial charge in [0.05, 0.1) is 37.7 Å². The summed E-state index contributed by atoms with van der Waals surface area (Å²) in [5, 5.41) is 160. The molecule has 0 aromatic heterocycles. The number of hydrogen-bond acceptors (Lipinski definition) is 21. The van der Waals surface area contributed by atoms with Gasteiger partial charge in [-0.3, -0.25) is 0 Å². The average Bonchev–Trinajstić information content (AvgIpc) is 2.92. The molecule has 234 valence electrons. The van der Waals surface area contributed by atoms with Crippen molar-refractivity contribution in [3.05, 3.63) is 0 Å². The van der Waals surface area contributed by atoms with Crippen LogP contribution in [-0.4, -0.2) is 211 Å². The number of aliphatic hydroxyl groups is 15. The van der Waals surface area contributed by atoms with Gasteiger partial charge in [0.25, 0.3) is 0 Å². The predicted octanol–water partition coefficient (Wildman–Crippen LogP) is -17.9. The Balaban J connectivity index is -0.000000154. The Hall–Kier alpha value is -0.424. The molecule has 0 bridgehead atoms. The molecular weight excluding hydrogens is 599 g/mol. The number of aliphatic hydroxyl groups excluding tert-OH is 15. The molecule has 15 N–H and O–H groups in total. The fourth-order valence-corrected chi connectivity index (χ4v) is 1.99. The minimum absolute atomic E-state index is 0. The van der Waals surface area contributed by atoms with Crippen LogP contribution >= 0.6 is 0 Å². The van der Waals surface area contributed by atoms with E-state index in [1.807, 2.05) is 0 Å². The summed E-state index contributed by atoms with van der Waals surface area (Å²) in [4.78, 5) is 29.9. The van der Waals surface area contributed by atoms with Gasteiger partial charge in [0.15, 0.2) is 0 Å². The molecule has 41 heavy (non-hydrogen) atoms. The molecule has 0 aliphatic heterocycles. The normalized spacial score (nSPS) is 19.4. The molecule has 0 aromatic rings. The first kappa shape index (κ1) is 50.2. The fraction of sp³-hybridized carbons (Fsp3) is 0.833. The summed E-state index contributed by atoms with van der Waals surface area (Å²) in [5.74, 6) is -5.93. The van der Waals surface area contributed by atoms with E-state index in [1.54, 1.807) is 0 Å². The zero-order chi connectivity index (χ0) is 31.8. The number of aliphatic carboxylic acids is 3. The van der Waals surface area contributed by atoms with Crippen LogP contribution in [0.15, 0.2) is 0 Å². The third-order valence-electron chi connectivity index (χ3n) is 4.49. The monoisotopic (exact) mass is 632 g/mol. The standard InChI is InChI=1S/3C6H12O7.Mg.Na/c3*7-1-2(8)3(9)4(10)5(11)6(12)13;;/h3*2-5,7-11H,1H2,(H,12,13);;/q;;;+2;+1/p-3. The second-order valence-electron chi connectivity index (χ2n) is 7.48. The van der Waals surface area contributed by atoms with Crippen LogP contribution < -0.4 is 44.9 Å². The molecule has 0 saturated heterocycles. The Bertz CT molecular complexity index is 615. The molecule has 12 unspecified atom stereocenters. The molecule has 0 amide bonds. The van der Waals surface area contributed by atoms with E-state index in [0.29, 0.717) is 0 Å². The van der Waals surface area contributed by atoms with Gasteiger partial charge in [0, 0.05) is 0 Å². The Morgan fingerprint density at radius 3 is 0.659 bits per heavy atom. The molecule has 23 heteroatoms. The van der Waals surface area contributed by atoms with Crippen LogP contribution in [0.5, 0.6) is 0 Å². The molecule has 0 rings (SSSR count). The van der Waals surface area contributed by atoms with Gasteiger partial charge >= 0.3 is 52.6 Å². The largest absolute Gasteiger partial charge is 2.00 e. The Morgan fingerprint density at radius 1 is 0.415 bits per heavy atom. The average molecular weight is 633 g/mol. The van der Waals surface area contributed by atoms with Gasteiger partial charge in [-0.1, -0.05) is 0 Å². The van der Waals surface area contributed by atoms with Gasteiger partial charge < -0.3 is 106 Å². The van der Waals surface area contributed by atoms with E-state index in [-0.39, 0.29) is 52.6 Å². The van der Waals surface area contributed by atoms with Crippen molar-refractivity contribution in [2.45, 2.75) is 73.2 Å². The van der Waals surface area contributed by atoms with Crippen molar-refractivity contribution in [3.63, 3.8) is 0 Å². The summed E-state index contributed by atoms with van der Waals surface area (Å²) in [6, 6.07) is 0. The van der Waals surface area contributed by atoms with E-state index in [0.717, 1.165) is 0 Å². The zero-order valence-electron chi connectivity index (χ0n) is 21.4. The van der Waals surface area contributed by atoms with Gasteiger partial charge in [-0.2, -0.15) is 0 Å². The van der Waals surface area contributed by atoms with Crippen molar-refractivity contribution in [2.75, 3.05) is 19.8 Å². The van der Waals surface area contributed by atoms with E-state index in [4.69, 9.17) is 76.6 Å². The summed E-state index contributed by atoms with van der Waals surface area (Å²) in [6.07, 6.45) is -24.2. The molecule has 0 saturated carbocycles. The van der Waals surface area contributed by atoms with Crippen molar-refractivity contribution in [1.29, 1.82) is 0 Å². The number of carbonyl (C=O) groups excluding carboxylic acids is 3. The number of rotatable bonds is 15. The van der Waals surface area contributed by atoms with Crippen LogP contribution in [0.25, 0.3) is 0 Å². The maximum absolute atomic E-state index is 9.98. The van der Waals surface area contributed by atoms with Crippen molar-refractivity contribution in [2.24, 2.45) is 0 Å². The first-order valence-electron chi connectivity index (χ1n) is 10.4. The van der Waals surface area contributed by atoms with E-state index >= 15 is 0 Å². The smallest absolute Gasteiger partial charge is 0.547 e. The van der Waals surface area contributed by atoms with Crippen molar-refractivity contribution in [1.82, 2.24) is 0 Å². The van der Waals surface area contributed by atoms with Crippen molar-refractivity contribution < 1.29 is 136 Å². The molecular formula is C18H33MgNaO21. The van der Waals surface area contributed by atoms with E-state index in [2.05, 4.69) is 0 Å². The van der Waals surface area contributed by atoms with Gasteiger partial charge in [-0.05, 0) is 0 Å². The number of carbonyl (C=O) groups is 3. The predicted molar refractivity (Wildman–Crippen MR) is 114 cm³/mol. The minimum Gasteiger partial charge on any atom is -0.547 e. The first-order chi connectivity index (χ1) is 17.7. The van der Waals surface area contributed by atoms with Gasteiger partial charge in [-0.15, -0.1) is 0 Å². The number of carboxylic acids is 3. The molecule has 0 heterocycles. The Labute approximate surface area is 268 Å². The van der Waals surface area contributed by atoms with E-state index in [9.17, 15) is 29.7 Å². The van der Waals surface area contributed by atoms with Crippen molar-refractivity contribution >= 4 is 41.0 Å². The van der Waals surface area contributed by atoms with Crippen LogP contribution in [0.2, 0.25) is 0 Å². The number of carboxylic acid groups (broad SMARTS) is 3. The quantitative estimate of drug-likeness (QED) is 0.0744. The van der Waals surface area contributed by atoms with Gasteiger partial charge in [0.2, 0.25) is 0 Å². The first-order valence-corrected chi connectivity index (χ1v) is 10.4. The molecule has 0 fully saturated rings. The molecule has 0 aliphatic carbocycles. The Morgan fingerprint density at radius 2 is 0.561 bits per heavy atom. The summed E-state index contributed by atoms with van der Waals surface area (Å²) >= 11 is 0. The fourth-order valence-electron chi connectivity index (χ4n) is 1.99. The molecule has 21 nitrogen and oxygen atoms in total. The third kappa shape index (κ3) is 19.5. The zero-order valence-corrected chi connectivity index (χ0v) is 24.8. The van der Waals surface area contributed by atoms with Gasteiger partial charge in [-0.25, -0.2) is 0 Å². The SMILES string of the molecule is O=C([O-])C(O)C(O)C(O)C(O)CO.O=C([O-])C(O)C(O)C(O)C(O)CO.O=C([O-])C(O)C(O)C(O)C(O)CO.[Mg+2].[Na+]. The molecule has 12 atom stereocenters. The van der Waals surface area contributed by atoms with Crippen LogP contribution in [0.3, 0.4) is 0 Å². The minimum atomic E-state index is -2.31. The second kappa shape index (κ2) is 26.0. The van der Waals surface area contributed by atoms with Crippen LogP contribution in [0, 0.1) is 0 Å². The number of hydrogen-bond donors (Lipinski definition) is 15. The molecule has 0 aliphatic rings. The Kier molecular flexibility index (Phi) is 31.9. The topological polar surface area (TPSA) is 424 Å². The molecule has 0 radical (unpaired) electrons. The third-order valence-corrected chi connectivity index (χ3v) is 4.49. The van der Waals surface area contributed by atoms with Crippen molar-refractivity contribution in [3.8, 4) is 0 Å². The van der Waals surface area contributed by atoms with E-state index in [1.165, 1.54) is 0 Å². The maximum Gasteiger partial charge on any atom is 2.00 e. The molecule has 0 spiro atoms. The van der Waals surface area contributed by atoms with Crippen LogP contribution in [0.1, 0.15) is 0 Å². The summed E-state index contributed by atoms with van der Waals surface area (Å²) in [7, 11) is 0. The summed E-state index contributed by atoms with van der Waals surface area (Å²) < 4.78 is 0. The van der Waals surface area contributed by atoms with Crippen LogP contribution in [-0.2, 0) is 14.4 Å². The van der Waals surface area contributed by atoms with Gasteiger partial charge in [0.1, 0.15) is 73.2 Å². The van der Waals surface area contributed by atoms with E-state index < -0.39 is 111 Å². The maximum atomic E-state index is 9.98.